The summed E-state index contributed by atoms with van der Waals surface area (Å²) in [6.45, 7) is 7.53. The number of halogens is 3. The molecule has 4 nitrogen and oxygen atoms in total. The van der Waals surface area contributed by atoms with Crippen molar-refractivity contribution in [1.82, 2.24) is 5.32 Å². The Hall–Kier alpha value is -0.660. The molecule has 1 aromatic rings. The molecule has 0 aliphatic heterocycles. The molecule has 25 heavy (non-hydrogen) atoms. The molecule has 0 atom stereocenters. The van der Waals surface area contributed by atoms with Crippen molar-refractivity contribution in [3.8, 4) is 5.75 Å². The maximum atomic E-state index is 11.4. The van der Waals surface area contributed by atoms with E-state index in [9.17, 15) is 9.59 Å². The van der Waals surface area contributed by atoms with Crippen molar-refractivity contribution in [1.29, 1.82) is 0 Å². The van der Waals surface area contributed by atoms with E-state index in [1.807, 2.05) is 13.0 Å². The van der Waals surface area contributed by atoms with Crippen LogP contribution in [0.3, 0.4) is 0 Å². The molecule has 1 N–H and O–H groups in total. The van der Waals surface area contributed by atoms with Crippen LogP contribution in [0.25, 0.3) is 5.57 Å². The van der Waals surface area contributed by atoms with Gasteiger partial charge in [-0.2, -0.15) is 0 Å². The summed E-state index contributed by atoms with van der Waals surface area (Å²) in [4.78, 5) is 22.6. The van der Waals surface area contributed by atoms with Gasteiger partial charge >= 0.3 is 5.97 Å². The lowest BCUT2D eigenvalue weighted by Gasteiger charge is -2.19. The molecular formula is C18H22Br3NO3. The van der Waals surface area contributed by atoms with Gasteiger partial charge in [0.1, 0.15) is 0 Å². The lowest BCUT2D eigenvalue weighted by Crippen LogP contribution is -2.21. The Morgan fingerprint density at radius 2 is 1.84 bits per heavy atom. The van der Waals surface area contributed by atoms with Crippen molar-refractivity contribution >= 4 is 65.2 Å². The Morgan fingerprint density at radius 3 is 2.36 bits per heavy atom. The Bertz CT molecular complexity index is 699. The predicted molar refractivity (Wildman–Crippen MR) is 112 cm³/mol. The van der Waals surface area contributed by atoms with Crippen molar-refractivity contribution in [2.24, 2.45) is 0 Å². The topological polar surface area (TPSA) is 55.4 Å². The van der Waals surface area contributed by atoms with Crippen molar-refractivity contribution in [2.75, 3.05) is 6.54 Å². The summed E-state index contributed by atoms with van der Waals surface area (Å²) < 4.78 is 7.88. The van der Waals surface area contributed by atoms with Gasteiger partial charge in [0.05, 0.1) is 8.95 Å². The van der Waals surface area contributed by atoms with E-state index in [1.165, 1.54) is 13.8 Å². The highest BCUT2D eigenvalue weighted by molar-refractivity contribution is 9.12. The number of carbonyl (C=O) groups excluding carboxylic acids is 2. The fourth-order valence-corrected chi connectivity index (χ4v) is 4.99. The second-order valence-electron chi connectivity index (χ2n) is 5.65. The van der Waals surface area contributed by atoms with Gasteiger partial charge in [-0.25, -0.2) is 0 Å². The molecule has 0 fully saturated rings. The van der Waals surface area contributed by atoms with Gasteiger partial charge in [-0.15, -0.1) is 0 Å². The molecule has 1 aromatic carbocycles. The van der Waals surface area contributed by atoms with Crippen LogP contribution in [-0.4, -0.2) is 18.4 Å². The van der Waals surface area contributed by atoms with E-state index in [0.29, 0.717) is 23.2 Å². The first-order valence-electron chi connectivity index (χ1n) is 7.98. The van der Waals surface area contributed by atoms with Crippen LogP contribution in [0.1, 0.15) is 51.2 Å². The standard InChI is InChI=1S/C18H22Br3NO3/c1-5-6-14(19)13(7-8-22-11(3)23)16-10(2)9-15(20)18(17(16)21)25-12(4)24/h9H,5-8H2,1-4H3,(H,22,23)/b14-13+. The number of hydrogen-bond acceptors (Lipinski definition) is 3. The first-order chi connectivity index (χ1) is 11.7. The SMILES string of the molecule is CCC/C(Br)=C(/CCNC(C)=O)c1c(C)cc(Br)c(OC(C)=O)c1Br. The van der Waals surface area contributed by atoms with Gasteiger partial charge in [-0.05, 0) is 78.9 Å². The molecule has 0 spiro atoms. The minimum absolute atomic E-state index is 0.0573. The number of ether oxygens (including phenoxy) is 1. The molecule has 0 unspecified atom stereocenters. The fraction of sp³-hybridized carbons (Fsp3) is 0.444. The summed E-state index contributed by atoms with van der Waals surface area (Å²) in [5.41, 5.74) is 3.10. The number of nitrogens with one attached hydrogen (secondary N) is 1. The number of aryl methyl sites for hydroxylation is 1. The van der Waals surface area contributed by atoms with Gasteiger partial charge in [0.25, 0.3) is 0 Å². The second kappa shape index (κ2) is 10.5. The molecular weight excluding hydrogens is 518 g/mol. The van der Waals surface area contributed by atoms with E-state index in [1.54, 1.807) is 0 Å². The summed E-state index contributed by atoms with van der Waals surface area (Å²) in [6, 6.07) is 1.93. The van der Waals surface area contributed by atoms with E-state index in [2.05, 4.69) is 60.0 Å². The van der Waals surface area contributed by atoms with Crippen molar-refractivity contribution in [2.45, 2.75) is 47.0 Å². The molecule has 0 saturated carbocycles. The first kappa shape index (κ1) is 22.4. The number of carbonyl (C=O) groups is 2. The smallest absolute Gasteiger partial charge is 0.308 e. The molecule has 1 amide bonds. The zero-order chi connectivity index (χ0) is 19.1. The lowest BCUT2D eigenvalue weighted by molar-refractivity contribution is -0.132. The third-order valence-corrected chi connectivity index (χ3v) is 5.69. The van der Waals surface area contributed by atoms with Crippen LogP contribution in [0.2, 0.25) is 0 Å². The molecule has 0 bridgehead atoms. The second-order valence-corrected chi connectivity index (χ2v) is 8.26. The first-order valence-corrected chi connectivity index (χ1v) is 10.4. The van der Waals surface area contributed by atoms with E-state index >= 15 is 0 Å². The molecule has 0 aromatic heterocycles. The Morgan fingerprint density at radius 1 is 1.20 bits per heavy atom. The van der Waals surface area contributed by atoms with Crippen LogP contribution in [-0.2, 0) is 9.59 Å². The van der Waals surface area contributed by atoms with E-state index in [0.717, 1.165) is 38.5 Å². The monoisotopic (exact) mass is 537 g/mol. The van der Waals surface area contributed by atoms with Crippen molar-refractivity contribution < 1.29 is 14.3 Å². The molecule has 1 rings (SSSR count). The van der Waals surface area contributed by atoms with Crippen LogP contribution < -0.4 is 10.1 Å². The van der Waals surface area contributed by atoms with E-state index < -0.39 is 0 Å². The highest BCUT2D eigenvalue weighted by Crippen LogP contribution is 2.43. The minimum atomic E-state index is -0.382. The summed E-state index contributed by atoms with van der Waals surface area (Å²) in [5.74, 6) is 0.0210. The number of hydrogen-bond donors (Lipinski definition) is 1. The zero-order valence-electron chi connectivity index (χ0n) is 14.8. The number of allylic oxidation sites excluding steroid dienone is 1. The Balaban J connectivity index is 3.44. The van der Waals surface area contributed by atoms with Crippen LogP contribution in [0, 0.1) is 6.92 Å². The number of benzene rings is 1. The third-order valence-electron chi connectivity index (χ3n) is 3.47. The maximum absolute atomic E-state index is 11.4. The van der Waals surface area contributed by atoms with Gasteiger partial charge in [-0.1, -0.05) is 29.3 Å². The molecule has 0 radical (unpaired) electrons. The van der Waals surface area contributed by atoms with Crippen LogP contribution in [0.4, 0.5) is 0 Å². The van der Waals surface area contributed by atoms with Crippen LogP contribution >= 0.6 is 47.8 Å². The minimum Gasteiger partial charge on any atom is -0.424 e. The highest BCUT2D eigenvalue weighted by atomic mass is 79.9. The van der Waals surface area contributed by atoms with Crippen LogP contribution in [0.15, 0.2) is 19.5 Å². The summed E-state index contributed by atoms with van der Waals surface area (Å²) in [5, 5.41) is 2.84. The average molecular weight is 540 g/mol. The third kappa shape index (κ3) is 6.53. The zero-order valence-corrected chi connectivity index (χ0v) is 19.5. The molecule has 0 aliphatic carbocycles. The molecule has 0 saturated heterocycles. The van der Waals surface area contributed by atoms with Crippen molar-refractivity contribution in [3.63, 3.8) is 0 Å². The summed E-state index contributed by atoms with van der Waals surface area (Å²) in [7, 11) is 0. The molecule has 138 valence electrons. The molecule has 0 aliphatic rings. The maximum Gasteiger partial charge on any atom is 0.308 e. The van der Waals surface area contributed by atoms with Crippen LogP contribution in [0.5, 0.6) is 5.75 Å². The van der Waals surface area contributed by atoms with E-state index in [4.69, 9.17) is 4.74 Å². The number of rotatable bonds is 7. The molecule has 0 heterocycles. The van der Waals surface area contributed by atoms with Gasteiger partial charge in [0.15, 0.2) is 5.75 Å². The lowest BCUT2D eigenvalue weighted by atomic mass is 9.96. The van der Waals surface area contributed by atoms with Crippen molar-refractivity contribution in [3.05, 3.63) is 30.6 Å². The van der Waals surface area contributed by atoms with Gasteiger partial charge in [0, 0.05) is 20.4 Å². The van der Waals surface area contributed by atoms with E-state index in [-0.39, 0.29) is 11.9 Å². The summed E-state index contributed by atoms with van der Waals surface area (Å²) in [6.07, 6.45) is 2.55. The largest absolute Gasteiger partial charge is 0.424 e. The van der Waals surface area contributed by atoms with Gasteiger partial charge in [-0.3, -0.25) is 9.59 Å². The Kier molecular flexibility index (Phi) is 9.38. The number of esters is 1. The normalized spacial score (nSPS) is 11.8. The summed E-state index contributed by atoms with van der Waals surface area (Å²) >= 11 is 10.8. The van der Waals surface area contributed by atoms with Gasteiger partial charge < -0.3 is 10.1 Å². The quantitative estimate of drug-likeness (QED) is 0.348. The molecule has 7 heteroatoms. The fourth-order valence-electron chi connectivity index (χ4n) is 2.46. The number of amides is 1. The van der Waals surface area contributed by atoms with Gasteiger partial charge in [0.2, 0.25) is 5.91 Å². The highest BCUT2D eigenvalue weighted by Gasteiger charge is 2.20. The Labute approximate surface area is 174 Å². The average Bonchev–Trinajstić information content (AvgIpc) is 2.49. The predicted octanol–water partition coefficient (Wildman–Crippen LogP) is 5.88.